The summed E-state index contributed by atoms with van der Waals surface area (Å²) in [5.74, 6) is -0.315. The number of carboxylic acids is 1. The second-order valence-corrected chi connectivity index (χ2v) is 6.82. The van der Waals surface area contributed by atoms with Crippen molar-refractivity contribution in [1.82, 2.24) is 19.1 Å². The van der Waals surface area contributed by atoms with Crippen molar-refractivity contribution in [2.75, 3.05) is 13.7 Å². The minimum atomic E-state index is -3.70. The summed E-state index contributed by atoms with van der Waals surface area (Å²) in [6.07, 6.45) is 1.49. The molecule has 1 N–H and O–H groups in total. The molecule has 0 atom stereocenters. The van der Waals surface area contributed by atoms with Crippen molar-refractivity contribution in [3.63, 3.8) is 0 Å². The average Bonchev–Trinajstić information content (AvgIpc) is 2.90. The minimum Gasteiger partial charge on any atom is -0.482 e. The molecule has 1 heterocycles. The molecule has 0 aliphatic rings. The molecule has 0 amide bonds. The predicted octanol–water partition coefficient (Wildman–Crippen LogP) is 0.0992. The number of nitrogens with zero attached hydrogens (tertiary/aromatic N) is 4. The van der Waals surface area contributed by atoms with E-state index >= 15 is 0 Å². The smallest absolute Gasteiger partial charge is 0.341 e. The van der Waals surface area contributed by atoms with Gasteiger partial charge in [0.2, 0.25) is 10.0 Å². The maximum atomic E-state index is 12.5. The highest BCUT2D eigenvalue weighted by Crippen LogP contribution is 2.19. The molecule has 0 fully saturated rings. The first-order valence-corrected chi connectivity index (χ1v) is 7.98. The molecule has 124 valence electrons. The SMILES string of the molecule is CN(Cc1nncn1C)S(=O)(=O)c1ccc(OCC(=O)O)cc1. The van der Waals surface area contributed by atoms with Gasteiger partial charge in [0.25, 0.3) is 0 Å². The van der Waals surface area contributed by atoms with Crippen molar-refractivity contribution in [3.8, 4) is 5.75 Å². The number of rotatable bonds is 7. The molecule has 0 saturated heterocycles. The summed E-state index contributed by atoms with van der Waals surface area (Å²) < 4.78 is 32.7. The van der Waals surface area contributed by atoms with Crippen molar-refractivity contribution in [1.29, 1.82) is 0 Å². The molecule has 0 radical (unpaired) electrons. The van der Waals surface area contributed by atoms with E-state index in [0.29, 0.717) is 5.82 Å². The van der Waals surface area contributed by atoms with E-state index in [4.69, 9.17) is 9.84 Å². The summed E-state index contributed by atoms with van der Waals surface area (Å²) in [7, 11) is -0.530. The van der Waals surface area contributed by atoms with Gasteiger partial charge in [-0.25, -0.2) is 13.2 Å². The molecule has 0 saturated carbocycles. The van der Waals surface area contributed by atoms with Crippen molar-refractivity contribution < 1.29 is 23.1 Å². The molecule has 0 spiro atoms. The van der Waals surface area contributed by atoms with Gasteiger partial charge in [0, 0.05) is 14.1 Å². The van der Waals surface area contributed by atoms with Crippen molar-refractivity contribution in [2.24, 2.45) is 7.05 Å². The number of aryl methyl sites for hydroxylation is 1. The van der Waals surface area contributed by atoms with Crippen molar-refractivity contribution in [2.45, 2.75) is 11.4 Å². The maximum absolute atomic E-state index is 12.5. The molecule has 1 aromatic heterocycles. The lowest BCUT2D eigenvalue weighted by Crippen LogP contribution is -2.27. The Bertz CT molecular complexity index is 785. The zero-order chi connectivity index (χ0) is 17.0. The van der Waals surface area contributed by atoms with Gasteiger partial charge in [0.15, 0.2) is 6.61 Å². The fourth-order valence-electron chi connectivity index (χ4n) is 1.77. The summed E-state index contributed by atoms with van der Waals surface area (Å²) in [4.78, 5) is 10.5. The van der Waals surface area contributed by atoms with Crippen molar-refractivity contribution in [3.05, 3.63) is 36.4 Å². The fourth-order valence-corrected chi connectivity index (χ4v) is 2.89. The van der Waals surface area contributed by atoms with Crippen LogP contribution in [0, 0.1) is 0 Å². The summed E-state index contributed by atoms with van der Waals surface area (Å²) in [6, 6.07) is 5.54. The van der Waals surface area contributed by atoms with Crippen LogP contribution < -0.4 is 4.74 Å². The topological polar surface area (TPSA) is 115 Å². The molecule has 2 rings (SSSR count). The quantitative estimate of drug-likeness (QED) is 0.760. The van der Waals surface area contributed by atoms with Gasteiger partial charge in [0.1, 0.15) is 17.9 Å². The van der Waals surface area contributed by atoms with E-state index in [-0.39, 0.29) is 17.2 Å². The second kappa shape index (κ2) is 6.75. The Morgan fingerprint density at radius 3 is 2.52 bits per heavy atom. The van der Waals surface area contributed by atoms with E-state index < -0.39 is 22.6 Å². The van der Waals surface area contributed by atoms with Crippen LogP contribution in [0.25, 0.3) is 0 Å². The van der Waals surface area contributed by atoms with Crippen molar-refractivity contribution >= 4 is 16.0 Å². The molecule has 9 nitrogen and oxygen atoms in total. The normalized spacial score (nSPS) is 11.6. The third kappa shape index (κ3) is 4.05. The number of ether oxygens (including phenoxy) is 1. The second-order valence-electron chi connectivity index (χ2n) is 4.77. The minimum absolute atomic E-state index is 0.0739. The van der Waals surface area contributed by atoms with E-state index in [0.717, 1.165) is 4.31 Å². The lowest BCUT2D eigenvalue weighted by atomic mass is 10.3. The first kappa shape index (κ1) is 16.9. The standard InChI is InChI=1S/C13H16N4O5S/c1-16-9-14-15-12(16)7-17(2)23(20,21)11-5-3-10(4-6-11)22-8-13(18)19/h3-6,9H,7-8H2,1-2H3,(H,18,19). The Kier molecular flexibility index (Phi) is 4.96. The lowest BCUT2D eigenvalue weighted by molar-refractivity contribution is -0.139. The zero-order valence-electron chi connectivity index (χ0n) is 12.6. The third-order valence-corrected chi connectivity index (χ3v) is 4.88. The number of aromatic nitrogens is 3. The fraction of sp³-hybridized carbons (Fsp3) is 0.308. The number of sulfonamides is 1. The highest BCUT2D eigenvalue weighted by molar-refractivity contribution is 7.89. The molecule has 10 heteroatoms. The van der Waals surface area contributed by atoms with Gasteiger partial charge in [-0.2, -0.15) is 4.31 Å². The number of hydrogen-bond donors (Lipinski definition) is 1. The monoisotopic (exact) mass is 340 g/mol. The largest absolute Gasteiger partial charge is 0.482 e. The van der Waals surface area contributed by atoms with E-state index in [1.165, 1.54) is 37.6 Å². The van der Waals surface area contributed by atoms with Gasteiger partial charge in [-0.05, 0) is 24.3 Å². The van der Waals surface area contributed by atoms with Gasteiger partial charge in [-0.1, -0.05) is 0 Å². The van der Waals surface area contributed by atoms with Crippen LogP contribution in [0.2, 0.25) is 0 Å². The molecule has 0 aliphatic heterocycles. The van der Waals surface area contributed by atoms with E-state index in [1.807, 2.05) is 0 Å². The number of carbonyl (C=O) groups is 1. The van der Waals surface area contributed by atoms with Gasteiger partial charge < -0.3 is 14.4 Å². The number of aliphatic carboxylic acids is 1. The highest BCUT2D eigenvalue weighted by atomic mass is 32.2. The molecular formula is C13H16N4O5S. The summed E-state index contributed by atoms with van der Waals surface area (Å²) >= 11 is 0. The van der Waals surface area contributed by atoms with Gasteiger partial charge in [-0.15, -0.1) is 10.2 Å². The Balaban J connectivity index is 2.12. The summed E-state index contributed by atoms with van der Waals surface area (Å²) in [6.45, 7) is -0.408. The molecule has 0 aliphatic carbocycles. The summed E-state index contributed by atoms with van der Waals surface area (Å²) in [5.41, 5.74) is 0. The first-order chi connectivity index (χ1) is 10.8. The molecule has 2 aromatic rings. The highest BCUT2D eigenvalue weighted by Gasteiger charge is 2.22. The lowest BCUT2D eigenvalue weighted by Gasteiger charge is -2.16. The maximum Gasteiger partial charge on any atom is 0.341 e. The average molecular weight is 340 g/mol. The Hall–Kier alpha value is -2.46. The van der Waals surface area contributed by atoms with Crippen LogP contribution in [0.3, 0.4) is 0 Å². The van der Waals surface area contributed by atoms with E-state index in [9.17, 15) is 13.2 Å². The van der Waals surface area contributed by atoms with Crippen LogP contribution >= 0.6 is 0 Å². The van der Waals surface area contributed by atoms with Crippen LogP contribution in [-0.4, -0.2) is 52.2 Å². The number of hydrogen-bond acceptors (Lipinski definition) is 6. The summed E-state index contributed by atoms with van der Waals surface area (Å²) in [5, 5.41) is 16.1. The molecule has 1 aromatic carbocycles. The molecular weight excluding hydrogens is 324 g/mol. The van der Waals surface area contributed by atoms with Gasteiger partial charge in [0.05, 0.1) is 11.4 Å². The Morgan fingerprint density at radius 2 is 2.00 bits per heavy atom. The van der Waals surface area contributed by atoms with Crippen LogP contribution in [-0.2, 0) is 28.4 Å². The van der Waals surface area contributed by atoms with E-state index in [2.05, 4.69) is 10.2 Å². The predicted molar refractivity (Wildman–Crippen MR) is 79.2 cm³/mol. The van der Waals surface area contributed by atoms with Crippen LogP contribution in [0.1, 0.15) is 5.82 Å². The van der Waals surface area contributed by atoms with Gasteiger partial charge >= 0.3 is 5.97 Å². The third-order valence-electron chi connectivity index (χ3n) is 3.06. The molecule has 0 bridgehead atoms. The van der Waals surface area contributed by atoms with Crippen LogP contribution in [0.15, 0.2) is 35.5 Å². The Morgan fingerprint density at radius 1 is 1.35 bits per heavy atom. The van der Waals surface area contributed by atoms with E-state index in [1.54, 1.807) is 11.6 Å². The van der Waals surface area contributed by atoms with Crippen LogP contribution in [0.5, 0.6) is 5.75 Å². The van der Waals surface area contributed by atoms with Crippen LogP contribution in [0.4, 0.5) is 0 Å². The number of benzene rings is 1. The Labute approximate surface area is 133 Å². The molecule has 0 unspecified atom stereocenters. The first-order valence-electron chi connectivity index (χ1n) is 6.54. The van der Waals surface area contributed by atoms with Gasteiger partial charge in [-0.3, -0.25) is 0 Å². The molecule has 23 heavy (non-hydrogen) atoms. The zero-order valence-corrected chi connectivity index (χ0v) is 13.4. The number of carboxylic acid groups (broad SMARTS) is 1.